The molecule has 0 saturated carbocycles. The van der Waals surface area contributed by atoms with Gasteiger partial charge >= 0.3 is 5.97 Å². The van der Waals surface area contributed by atoms with E-state index in [-0.39, 0.29) is 29.5 Å². The zero-order valence-electron chi connectivity index (χ0n) is 25.1. The molecule has 0 radical (unpaired) electrons. The Morgan fingerprint density at radius 3 is 2.61 bits per heavy atom. The third-order valence-electron chi connectivity index (χ3n) is 6.98. The summed E-state index contributed by atoms with van der Waals surface area (Å²) < 4.78 is 24.7. The van der Waals surface area contributed by atoms with Gasteiger partial charge in [0.05, 0.1) is 46.6 Å². The Hall–Kier alpha value is -4.97. The number of thiazole rings is 1. The third kappa shape index (κ3) is 5.80. The number of benzene rings is 2. The molecule has 0 spiro atoms. The van der Waals surface area contributed by atoms with Gasteiger partial charge in [0, 0.05) is 23.8 Å². The third-order valence-corrected chi connectivity index (χ3v) is 7.96. The van der Waals surface area contributed by atoms with Crippen molar-refractivity contribution >= 4 is 29.1 Å². The fourth-order valence-electron chi connectivity index (χ4n) is 5.01. The van der Waals surface area contributed by atoms with Crippen LogP contribution in [-0.4, -0.2) is 35.3 Å². The van der Waals surface area contributed by atoms with E-state index < -0.39 is 16.9 Å². The number of fused-ring (bicyclic) bond motifs is 1. The Morgan fingerprint density at radius 1 is 1.16 bits per heavy atom. The molecule has 1 unspecified atom stereocenters. The maximum Gasteiger partial charge on any atom is 0.338 e. The molecule has 1 aliphatic rings. The number of hydrogen-bond acceptors (Lipinski definition) is 10. The number of rotatable bonds is 9. The largest absolute Gasteiger partial charge is 0.493 e. The summed E-state index contributed by atoms with van der Waals surface area (Å²) in [5.74, 6) is 1.23. The van der Waals surface area contributed by atoms with E-state index in [0.29, 0.717) is 49.2 Å². The van der Waals surface area contributed by atoms with Gasteiger partial charge in [-0.05, 0) is 70.0 Å². The maximum atomic E-state index is 14.0. The van der Waals surface area contributed by atoms with Crippen molar-refractivity contribution in [2.75, 3.05) is 13.7 Å². The number of methoxy groups -OCH3 is 1. The highest BCUT2D eigenvalue weighted by Gasteiger charge is 2.34. The topological polar surface area (TPSA) is 135 Å². The number of esters is 1. The van der Waals surface area contributed by atoms with E-state index in [4.69, 9.17) is 18.6 Å². The second kappa shape index (κ2) is 12.3. The summed E-state index contributed by atoms with van der Waals surface area (Å²) in [5.41, 5.74) is 2.25. The van der Waals surface area contributed by atoms with Gasteiger partial charge in [-0.2, -0.15) is 0 Å². The number of furan rings is 1. The molecule has 3 heterocycles. The smallest absolute Gasteiger partial charge is 0.338 e. The van der Waals surface area contributed by atoms with Crippen molar-refractivity contribution < 1.29 is 28.3 Å². The maximum absolute atomic E-state index is 14.0. The second-order valence-corrected chi connectivity index (χ2v) is 11.3. The van der Waals surface area contributed by atoms with Gasteiger partial charge in [0.1, 0.15) is 11.5 Å². The van der Waals surface area contributed by atoms with Crippen molar-refractivity contribution in [2.45, 2.75) is 46.8 Å². The summed E-state index contributed by atoms with van der Waals surface area (Å²) >= 11 is 1.16. The van der Waals surface area contributed by atoms with Crippen LogP contribution in [0.15, 0.2) is 74.0 Å². The van der Waals surface area contributed by atoms with E-state index in [1.54, 1.807) is 56.3 Å². The van der Waals surface area contributed by atoms with Gasteiger partial charge in [-0.25, -0.2) is 9.79 Å². The highest BCUT2D eigenvalue weighted by atomic mass is 32.1. The molecule has 0 amide bonds. The van der Waals surface area contributed by atoms with Gasteiger partial charge in [0.15, 0.2) is 16.3 Å². The molecule has 0 fully saturated rings. The average Bonchev–Trinajstić information content (AvgIpc) is 3.56. The Kier molecular flexibility index (Phi) is 8.54. The zero-order chi connectivity index (χ0) is 31.7. The monoisotopic (exact) mass is 617 g/mol. The molecule has 0 aliphatic carbocycles. The van der Waals surface area contributed by atoms with Crippen LogP contribution in [0.2, 0.25) is 0 Å². The number of nitro groups is 1. The first-order chi connectivity index (χ1) is 21.0. The summed E-state index contributed by atoms with van der Waals surface area (Å²) in [5, 5.41) is 11.3. The highest BCUT2D eigenvalue weighted by Crippen LogP contribution is 2.36. The lowest BCUT2D eigenvalue weighted by Crippen LogP contribution is -2.40. The summed E-state index contributed by atoms with van der Waals surface area (Å²) in [6, 6.07) is 12.4. The van der Waals surface area contributed by atoms with E-state index in [0.717, 1.165) is 16.9 Å². The predicted molar refractivity (Wildman–Crippen MR) is 165 cm³/mol. The van der Waals surface area contributed by atoms with Crippen LogP contribution < -0.4 is 24.4 Å². The number of aromatic nitrogens is 1. The molecule has 1 aliphatic heterocycles. The first-order valence-corrected chi connectivity index (χ1v) is 14.7. The molecule has 12 heteroatoms. The molecule has 2 aromatic carbocycles. The molecule has 228 valence electrons. The number of allylic oxidation sites excluding steroid dienone is 1. The number of hydrogen-bond donors (Lipinski definition) is 0. The average molecular weight is 618 g/mol. The standard InChI is InChI=1S/C32H31N3O8S/c1-7-41-31(37)28-19(5)33-32-34(29(28)20-9-12-25(42-17(2)3)26(14-20)40-6)30(36)27(44-32)16-22-11-13-24(43-22)23-15-21(35(38)39)10-8-18(23)4/h8-17,29H,7H2,1-6H3. The lowest BCUT2D eigenvalue weighted by molar-refractivity contribution is -0.384. The summed E-state index contributed by atoms with van der Waals surface area (Å²) in [6.45, 7) is 9.23. The fourth-order valence-corrected chi connectivity index (χ4v) is 6.03. The minimum atomic E-state index is -0.839. The normalized spacial score (nSPS) is 14.8. The number of carbonyl (C=O) groups excluding carboxylic acids is 1. The molecule has 0 bridgehead atoms. The molecule has 2 aromatic heterocycles. The molecule has 0 saturated heterocycles. The van der Waals surface area contributed by atoms with E-state index in [1.165, 1.54) is 23.8 Å². The molecule has 11 nitrogen and oxygen atoms in total. The van der Waals surface area contributed by atoms with E-state index in [9.17, 15) is 19.7 Å². The van der Waals surface area contributed by atoms with Crippen molar-refractivity contribution in [1.29, 1.82) is 0 Å². The Morgan fingerprint density at radius 2 is 1.93 bits per heavy atom. The Balaban J connectivity index is 1.64. The first-order valence-electron chi connectivity index (χ1n) is 13.9. The van der Waals surface area contributed by atoms with Crippen LogP contribution in [0.25, 0.3) is 17.4 Å². The number of carbonyl (C=O) groups is 1. The van der Waals surface area contributed by atoms with Crippen molar-refractivity contribution in [3.05, 3.63) is 106 Å². The van der Waals surface area contributed by atoms with Crippen molar-refractivity contribution in [3.8, 4) is 22.8 Å². The van der Waals surface area contributed by atoms with E-state index >= 15 is 0 Å². The van der Waals surface area contributed by atoms with Gasteiger partial charge in [-0.3, -0.25) is 19.5 Å². The molecule has 5 rings (SSSR count). The van der Waals surface area contributed by atoms with Gasteiger partial charge in [-0.1, -0.05) is 23.5 Å². The number of nitrogens with zero attached hydrogens (tertiary/aromatic N) is 3. The molecular formula is C32H31N3O8S. The SMILES string of the molecule is CCOC(=O)C1=C(C)N=c2sc(=Cc3ccc(-c4cc([N+](=O)[O-])ccc4C)o3)c(=O)n2C1c1ccc(OC(C)C)c(OC)c1. The van der Waals surface area contributed by atoms with Crippen molar-refractivity contribution in [3.63, 3.8) is 0 Å². The van der Waals surface area contributed by atoms with Gasteiger partial charge in [0.25, 0.3) is 11.2 Å². The molecule has 1 atom stereocenters. The van der Waals surface area contributed by atoms with Crippen LogP contribution in [0.1, 0.15) is 50.6 Å². The van der Waals surface area contributed by atoms with E-state index in [2.05, 4.69) is 4.99 Å². The summed E-state index contributed by atoms with van der Waals surface area (Å²) in [7, 11) is 1.53. The minimum Gasteiger partial charge on any atom is -0.493 e. The molecular weight excluding hydrogens is 586 g/mol. The molecule has 0 N–H and O–H groups in total. The fraction of sp³-hybridized carbons (Fsp3) is 0.281. The van der Waals surface area contributed by atoms with Gasteiger partial charge in [-0.15, -0.1) is 0 Å². The zero-order valence-corrected chi connectivity index (χ0v) is 25.9. The Bertz CT molecular complexity index is 1980. The number of nitro benzene ring substituents is 1. The van der Waals surface area contributed by atoms with Crippen LogP contribution in [0.4, 0.5) is 5.69 Å². The lowest BCUT2D eigenvalue weighted by Gasteiger charge is -2.25. The quantitative estimate of drug-likeness (QED) is 0.144. The molecule has 44 heavy (non-hydrogen) atoms. The van der Waals surface area contributed by atoms with Crippen LogP contribution in [0.5, 0.6) is 11.5 Å². The minimum absolute atomic E-state index is 0.0509. The summed E-state index contributed by atoms with van der Waals surface area (Å²) in [6.07, 6.45) is 1.51. The number of aryl methyl sites for hydroxylation is 1. The van der Waals surface area contributed by atoms with Crippen molar-refractivity contribution in [2.24, 2.45) is 4.99 Å². The number of non-ortho nitro benzene ring substituents is 1. The van der Waals surface area contributed by atoms with Gasteiger partial charge < -0.3 is 18.6 Å². The van der Waals surface area contributed by atoms with E-state index in [1.807, 2.05) is 20.8 Å². The summed E-state index contributed by atoms with van der Waals surface area (Å²) in [4.78, 5) is 43.1. The Labute approximate surface area is 256 Å². The van der Waals surface area contributed by atoms with Crippen LogP contribution >= 0.6 is 11.3 Å². The first kappa shape index (κ1) is 30.5. The van der Waals surface area contributed by atoms with Crippen LogP contribution in [0.3, 0.4) is 0 Å². The van der Waals surface area contributed by atoms with Gasteiger partial charge in [0.2, 0.25) is 0 Å². The second-order valence-electron chi connectivity index (χ2n) is 10.3. The molecule has 4 aromatic rings. The van der Waals surface area contributed by atoms with Crippen molar-refractivity contribution in [1.82, 2.24) is 4.57 Å². The van der Waals surface area contributed by atoms with Crippen LogP contribution in [-0.2, 0) is 9.53 Å². The predicted octanol–water partition coefficient (Wildman–Crippen LogP) is 5.07. The number of ether oxygens (including phenoxy) is 3. The highest BCUT2D eigenvalue weighted by molar-refractivity contribution is 7.07. The van der Waals surface area contributed by atoms with Crippen LogP contribution in [0, 0.1) is 17.0 Å². The lowest BCUT2D eigenvalue weighted by atomic mass is 9.95.